The Labute approximate surface area is 158 Å². The molecule has 26 heavy (non-hydrogen) atoms. The third-order valence-electron chi connectivity index (χ3n) is 4.32. The Kier molecular flexibility index (Phi) is 9.23. The zero-order valence-corrected chi connectivity index (χ0v) is 15.4. The molecule has 6 nitrogen and oxygen atoms in total. The minimum atomic E-state index is -0.403. The molecule has 2 rings (SSSR count). The topological polar surface area (TPSA) is 92.5 Å². The third kappa shape index (κ3) is 6.38. The molecule has 1 atom stereocenters. The van der Waals surface area contributed by atoms with Gasteiger partial charge >= 0.3 is 0 Å². The summed E-state index contributed by atoms with van der Waals surface area (Å²) in [6, 6.07) is 5.29. The highest BCUT2D eigenvalue weighted by molar-refractivity contribution is 5.98. The summed E-state index contributed by atoms with van der Waals surface area (Å²) in [4.78, 5) is 38.1. The number of hydrogen-bond acceptors (Lipinski definition) is 4. The monoisotopic (exact) mass is 385 g/mol. The Balaban J connectivity index is 0.00000338. The molecule has 2 amide bonds. The quantitative estimate of drug-likeness (QED) is 0.696. The number of piperidine rings is 1. The number of nitrogens with zero attached hydrogens (tertiary/aromatic N) is 1. The van der Waals surface area contributed by atoms with Crippen molar-refractivity contribution in [1.29, 1.82) is 0 Å². The fourth-order valence-electron chi connectivity index (χ4n) is 2.92. The Hall–Kier alpha value is -1.99. The Morgan fingerprint density at radius 1 is 1.19 bits per heavy atom. The Morgan fingerprint density at radius 2 is 1.88 bits per heavy atom. The number of carbonyl (C=O) groups excluding carboxylic acids is 3. The van der Waals surface area contributed by atoms with Gasteiger partial charge in [-0.25, -0.2) is 4.39 Å². The first kappa shape index (κ1) is 22.1. The van der Waals surface area contributed by atoms with Crippen molar-refractivity contribution < 1.29 is 18.8 Å². The first-order chi connectivity index (χ1) is 12.0. The summed E-state index contributed by atoms with van der Waals surface area (Å²) >= 11 is 0. The van der Waals surface area contributed by atoms with E-state index in [1.807, 2.05) is 0 Å². The van der Waals surface area contributed by atoms with Crippen molar-refractivity contribution in [2.24, 2.45) is 11.7 Å². The van der Waals surface area contributed by atoms with Crippen LogP contribution in [0.5, 0.6) is 0 Å². The minimum Gasteiger partial charge on any atom is -0.355 e. The number of carbonyl (C=O) groups is 3. The van der Waals surface area contributed by atoms with Crippen LogP contribution in [0.4, 0.5) is 4.39 Å². The first-order valence-corrected chi connectivity index (χ1v) is 8.55. The summed E-state index contributed by atoms with van der Waals surface area (Å²) in [6.07, 6.45) is 1.67. The molecule has 1 saturated heterocycles. The van der Waals surface area contributed by atoms with E-state index >= 15 is 0 Å². The van der Waals surface area contributed by atoms with Crippen LogP contribution < -0.4 is 11.1 Å². The van der Waals surface area contributed by atoms with Crippen molar-refractivity contribution in [3.05, 3.63) is 35.6 Å². The largest absolute Gasteiger partial charge is 0.355 e. The maximum atomic E-state index is 12.9. The van der Waals surface area contributed by atoms with Gasteiger partial charge in [-0.1, -0.05) is 0 Å². The summed E-state index contributed by atoms with van der Waals surface area (Å²) in [5.74, 6) is -1.03. The molecule has 0 bridgehead atoms. The molecule has 1 aliphatic rings. The lowest BCUT2D eigenvalue weighted by molar-refractivity contribution is -0.135. The zero-order chi connectivity index (χ0) is 18.2. The van der Waals surface area contributed by atoms with Gasteiger partial charge in [-0.05, 0) is 37.1 Å². The van der Waals surface area contributed by atoms with Gasteiger partial charge < -0.3 is 16.0 Å². The van der Waals surface area contributed by atoms with Crippen LogP contribution in [0.15, 0.2) is 24.3 Å². The molecule has 8 heteroatoms. The number of halogens is 2. The van der Waals surface area contributed by atoms with Crippen molar-refractivity contribution in [2.45, 2.75) is 25.7 Å². The molecule has 1 aromatic carbocycles. The van der Waals surface area contributed by atoms with Crippen molar-refractivity contribution in [2.75, 3.05) is 26.2 Å². The van der Waals surface area contributed by atoms with Crippen molar-refractivity contribution in [1.82, 2.24) is 10.2 Å². The smallest absolute Gasteiger partial charge is 0.224 e. The van der Waals surface area contributed by atoms with Gasteiger partial charge in [0.05, 0.1) is 5.92 Å². The lowest BCUT2D eigenvalue weighted by Gasteiger charge is -2.32. The minimum absolute atomic E-state index is 0. The molecule has 1 heterocycles. The van der Waals surface area contributed by atoms with Crippen molar-refractivity contribution in [3.8, 4) is 0 Å². The average Bonchev–Trinajstić information content (AvgIpc) is 2.64. The van der Waals surface area contributed by atoms with Crippen molar-refractivity contribution in [3.63, 3.8) is 0 Å². The molecule has 0 radical (unpaired) electrons. The molecule has 0 saturated carbocycles. The van der Waals surface area contributed by atoms with Crippen LogP contribution in [-0.4, -0.2) is 48.7 Å². The van der Waals surface area contributed by atoms with E-state index in [1.54, 1.807) is 4.90 Å². The number of amides is 2. The lowest BCUT2D eigenvalue weighted by Crippen LogP contribution is -2.46. The van der Waals surface area contributed by atoms with E-state index < -0.39 is 5.82 Å². The fraction of sp³-hybridized carbons (Fsp3) is 0.500. The van der Waals surface area contributed by atoms with Gasteiger partial charge in [-0.2, -0.15) is 0 Å². The summed E-state index contributed by atoms with van der Waals surface area (Å²) in [7, 11) is 0. The summed E-state index contributed by atoms with van der Waals surface area (Å²) in [6.45, 7) is 1.78. The normalized spacial score (nSPS) is 16.5. The molecule has 0 aliphatic carbocycles. The van der Waals surface area contributed by atoms with Crippen LogP contribution >= 0.6 is 12.4 Å². The van der Waals surface area contributed by atoms with Crippen LogP contribution in [0, 0.1) is 11.7 Å². The van der Waals surface area contributed by atoms with E-state index in [0.717, 1.165) is 12.8 Å². The molecular weight excluding hydrogens is 361 g/mol. The SMILES string of the molecule is Cl.NCCNC(=O)C1CCCN(C(=O)CCC(=O)c2ccc(F)cc2)C1. The Morgan fingerprint density at radius 3 is 2.54 bits per heavy atom. The predicted molar refractivity (Wildman–Crippen MR) is 98.6 cm³/mol. The van der Waals surface area contributed by atoms with Gasteiger partial charge in [-0.3, -0.25) is 14.4 Å². The molecule has 0 spiro atoms. The van der Waals surface area contributed by atoms with Crippen molar-refractivity contribution >= 4 is 30.0 Å². The second-order valence-electron chi connectivity index (χ2n) is 6.19. The fourth-order valence-corrected chi connectivity index (χ4v) is 2.92. The number of ketones is 1. The molecule has 3 N–H and O–H groups in total. The van der Waals surface area contributed by atoms with E-state index in [2.05, 4.69) is 5.32 Å². The van der Waals surface area contributed by atoms with E-state index in [0.29, 0.717) is 31.7 Å². The van der Waals surface area contributed by atoms with Crippen LogP contribution in [0.1, 0.15) is 36.0 Å². The standard InChI is InChI=1S/C18H24FN3O3.ClH/c19-15-5-3-13(4-6-15)16(23)7-8-17(24)22-11-1-2-14(12-22)18(25)21-10-9-20;/h3-6,14H,1-2,7-12,20H2,(H,21,25);1H. The number of nitrogens with two attached hydrogens (primary N) is 1. The van der Waals surface area contributed by atoms with Gasteiger partial charge in [0.25, 0.3) is 0 Å². The highest BCUT2D eigenvalue weighted by Crippen LogP contribution is 2.18. The number of hydrogen-bond donors (Lipinski definition) is 2. The Bertz CT molecular complexity index is 625. The molecule has 1 unspecified atom stereocenters. The van der Waals surface area contributed by atoms with Gasteiger partial charge in [0, 0.05) is 44.6 Å². The number of benzene rings is 1. The predicted octanol–water partition coefficient (Wildman–Crippen LogP) is 1.52. The molecule has 144 valence electrons. The molecule has 1 aromatic rings. The molecule has 0 aromatic heterocycles. The van der Waals surface area contributed by atoms with E-state index in [-0.39, 0.29) is 48.8 Å². The summed E-state index contributed by atoms with van der Waals surface area (Å²) < 4.78 is 12.9. The van der Waals surface area contributed by atoms with Crippen LogP contribution in [-0.2, 0) is 9.59 Å². The number of Topliss-reactive ketones (excluding diaryl/α,β-unsaturated/α-hetero) is 1. The highest BCUT2D eigenvalue weighted by Gasteiger charge is 2.28. The molecule has 1 fully saturated rings. The molecular formula is C18H25ClFN3O3. The maximum Gasteiger partial charge on any atom is 0.224 e. The number of likely N-dealkylation sites (tertiary alicyclic amines) is 1. The average molecular weight is 386 g/mol. The van der Waals surface area contributed by atoms with E-state index in [9.17, 15) is 18.8 Å². The van der Waals surface area contributed by atoms with E-state index in [1.165, 1.54) is 24.3 Å². The number of nitrogens with one attached hydrogen (secondary N) is 1. The van der Waals surface area contributed by atoms with Crippen LogP contribution in [0.25, 0.3) is 0 Å². The number of rotatable bonds is 7. The second kappa shape index (κ2) is 10.9. The summed E-state index contributed by atoms with van der Waals surface area (Å²) in [5.41, 5.74) is 5.77. The van der Waals surface area contributed by atoms with Gasteiger partial charge in [-0.15, -0.1) is 12.4 Å². The lowest BCUT2D eigenvalue weighted by atomic mass is 9.96. The third-order valence-corrected chi connectivity index (χ3v) is 4.32. The van der Waals surface area contributed by atoms with Gasteiger partial charge in [0.2, 0.25) is 11.8 Å². The summed E-state index contributed by atoms with van der Waals surface area (Å²) in [5, 5.41) is 2.75. The van der Waals surface area contributed by atoms with Gasteiger partial charge in [0.15, 0.2) is 5.78 Å². The maximum absolute atomic E-state index is 12.9. The zero-order valence-electron chi connectivity index (χ0n) is 14.6. The molecule has 1 aliphatic heterocycles. The van der Waals surface area contributed by atoms with E-state index in [4.69, 9.17) is 5.73 Å². The second-order valence-corrected chi connectivity index (χ2v) is 6.19. The van der Waals surface area contributed by atoms with Crippen LogP contribution in [0.2, 0.25) is 0 Å². The van der Waals surface area contributed by atoms with Crippen LogP contribution in [0.3, 0.4) is 0 Å². The first-order valence-electron chi connectivity index (χ1n) is 8.55. The highest BCUT2D eigenvalue weighted by atomic mass is 35.5. The van der Waals surface area contributed by atoms with Gasteiger partial charge in [0.1, 0.15) is 5.82 Å².